The summed E-state index contributed by atoms with van der Waals surface area (Å²) < 4.78 is 21.5. The number of rotatable bonds is 6. The molecule has 1 aliphatic rings. The largest absolute Gasteiger partial charge is 0.497 e. The number of carbonyl (C=O) groups is 1. The first-order valence-corrected chi connectivity index (χ1v) is 11.4. The van der Waals surface area contributed by atoms with Gasteiger partial charge in [-0.2, -0.15) is 9.36 Å². The second-order valence-corrected chi connectivity index (χ2v) is 8.77. The smallest absolute Gasteiger partial charge is 0.298 e. The number of morpholine rings is 1. The van der Waals surface area contributed by atoms with Crippen molar-refractivity contribution in [3.8, 4) is 16.7 Å². The standard InChI is InChI=1S/C24H27N3O4S/c1-15-8-9-19(23(28)27-13-16(2)30-17(3)14-27)12-21(15)31-24-25-22(26-32-24)11-18-6-5-7-20(10-18)29-4/h5-10,12,16-17H,11,13-14H2,1-4H3. The third kappa shape index (κ3) is 5.26. The summed E-state index contributed by atoms with van der Waals surface area (Å²) in [7, 11) is 1.65. The topological polar surface area (TPSA) is 73.8 Å². The molecule has 0 N–H and O–H groups in total. The summed E-state index contributed by atoms with van der Waals surface area (Å²) in [5.74, 6) is 2.07. The zero-order chi connectivity index (χ0) is 22.7. The summed E-state index contributed by atoms with van der Waals surface area (Å²) in [6, 6.07) is 13.3. The van der Waals surface area contributed by atoms with Crippen LogP contribution in [0.1, 0.15) is 41.2 Å². The third-order valence-corrected chi connectivity index (χ3v) is 5.92. The Balaban J connectivity index is 1.47. The lowest BCUT2D eigenvalue weighted by Crippen LogP contribution is -2.48. The molecule has 7 nitrogen and oxygen atoms in total. The molecule has 0 spiro atoms. The Hall–Kier alpha value is -2.97. The van der Waals surface area contributed by atoms with Gasteiger partial charge in [0.2, 0.25) is 0 Å². The summed E-state index contributed by atoms with van der Waals surface area (Å²) in [6.07, 6.45) is 0.628. The number of carbonyl (C=O) groups excluding carboxylic acids is 1. The lowest BCUT2D eigenvalue weighted by Gasteiger charge is -2.35. The first kappa shape index (κ1) is 22.2. The summed E-state index contributed by atoms with van der Waals surface area (Å²) in [4.78, 5) is 19.4. The number of ether oxygens (including phenoxy) is 3. The Bertz CT molecular complexity index is 1090. The predicted octanol–water partition coefficient (Wildman–Crippen LogP) is 4.49. The Morgan fingerprint density at radius 2 is 1.97 bits per heavy atom. The molecule has 32 heavy (non-hydrogen) atoms. The number of amides is 1. The molecule has 0 radical (unpaired) electrons. The highest BCUT2D eigenvalue weighted by Crippen LogP contribution is 2.29. The van der Waals surface area contributed by atoms with Gasteiger partial charge in [-0.05, 0) is 56.2 Å². The van der Waals surface area contributed by atoms with Gasteiger partial charge in [0.25, 0.3) is 11.1 Å². The van der Waals surface area contributed by atoms with Crippen molar-refractivity contribution in [2.75, 3.05) is 20.2 Å². The highest BCUT2D eigenvalue weighted by atomic mass is 32.1. The van der Waals surface area contributed by atoms with Gasteiger partial charge >= 0.3 is 0 Å². The van der Waals surface area contributed by atoms with Crippen LogP contribution in [0.25, 0.3) is 0 Å². The van der Waals surface area contributed by atoms with Gasteiger partial charge in [-0.3, -0.25) is 4.79 Å². The number of nitrogens with zero attached hydrogens (tertiary/aromatic N) is 3. The van der Waals surface area contributed by atoms with E-state index in [1.807, 2.05) is 62.1 Å². The van der Waals surface area contributed by atoms with Crippen LogP contribution in [0.3, 0.4) is 0 Å². The number of benzene rings is 2. The number of aromatic nitrogens is 2. The Morgan fingerprint density at radius 3 is 2.72 bits per heavy atom. The van der Waals surface area contributed by atoms with Crippen molar-refractivity contribution in [2.45, 2.75) is 39.4 Å². The summed E-state index contributed by atoms with van der Waals surface area (Å²) in [5, 5.41) is 0.448. The molecular formula is C24H27N3O4S. The first-order valence-electron chi connectivity index (χ1n) is 10.6. The van der Waals surface area contributed by atoms with E-state index < -0.39 is 0 Å². The molecule has 168 valence electrons. The van der Waals surface area contributed by atoms with E-state index in [0.717, 1.165) is 16.9 Å². The monoisotopic (exact) mass is 453 g/mol. The van der Waals surface area contributed by atoms with Crippen LogP contribution in [0, 0.1) is 6.92 Å². The normalized spacial score (nSPS) is 18.4. The molecule has 0 saturated carbocycles. The van der Waals surface area contributed by atoms with Crippen molar-refractivity contribution in [1.29, 1.82) is 0 Å². The second-order valence-electron chi connectivity index (χ2n) is 8.05. The minimum absolute atomic E-state index is 0.0205. The van der Waals surface area contributed by atoms with Gasteiger partial charge in [0.05, 0.1) is 19.3 Å². The highest BCUT2D eigenvalue weighted by Gasteiger charge is 2.27. The quantitative estimate of drug-likeness (QED) is 0.548. The van der Waals surface area contributed by atoms with E-state index in [-0.39, 0.29) is 18.1 Å². The number of hydrogen-bond acceptors (Lipinski definition) is 7. The van der Waals surface area contributed by atoms with Crippen LogP contribution < -0.4 is 9.47 Å². The van der Waals surface area contributed by atoms with Crippen molar-refractivity contribution >= 4 is 17.4 Å². The van der Waals surface area contributed by atoms with Gasteiger partial charge < -0.3 is 19.1 Å². The number of aryl methyl sites for hydroxylation is 1. The van der Waals surface area contributed by atoms with Gasteiger partial charge in [0.1, 0.15) is 11.5 Å². The third-order valence-electron chi connectivity index (χ3n) is 5.29. The highest BCUT2D eigenvalue weighted by molar-refractivity contribution is 7.07. The van der Waals surface area contributed by atoms with Gasteiger partial charge in [0.15, 0.2) is 5.82 Å². The van der Waals surface area contributed by atoms with Crippen molar-refractivity contribution < 1.29 is 19.0 Å². The van der Waals surface area contributed by atoms with Crippen LogP contribution in [0.5, 0.6) is 16.7 Å². The molecule has 8 heteroatoms. The van der Waals surface area contributed by atoms with E-state index in [1.54, 1.807) is 13.2 Å². The van der Waals surface area contributed by atoms with E-state index in [2.05, 4.69) is 9.36 Å². The lowest BCUT2D eigenvalue weighted by atomic mass is 10.1. The van der Waals surface area contributed by atoms with E-state index >= 15 is 0 Å². The van der Waals surface area contributed by atoms with E-state index in [0.29, 0.717) is 41.8 Å². The maximum Gasteiger partial charge on any atom is 0.298 e. The molecule has 1 fully saturated rings. The fraction of sp³-hybridized carbons (Fsp3) is 0.375. The number of methoxy groups -OCH3 is 1. The molecule has 1 aliphatic heterocycles. The SMILES string of the molecule is COc1cccc(Cc2nsc(Oc3cc(C(=O)N4CC(C)OC(C)C4)ccc3C)n2)c1. The zero-order valence-electron chi connectivity index (χ0n) is 18.7. The van der Waals surface area contributed by atoms with E-state index in [9.17, 15) is 4.79 Å². The lowest BCUT2D eigenvalue weighted by molar-refractivity contribution is -0.0586. The molecule has 2 heterocycles. The maximum atomic E-state index is 13.0. The minimum Gasteiger partial charge on any atom is -0.497 e. The molecule has 2 unspecified atom stereocenters. The van der Waals surface area contributed by atoms with Gasteiger partial charge in [0, 0.05) is 36.6 Å². The molecule has 1 aromatic heterocycles. The second kappa shape index (κ2) is 9.67. The van der Waals surface area contributed by atoms with Crippen molar-refractivity contribution in [3.63, 3.8) is 0 Å². The Kier molecular flexibility index (Phi) is 6.72. The van der Waals surface area contributed by atoms with Crippen molar-refractivity contribution in [1.82, 2.24) is 14.3 Å². The summed E-state index contributed by atoms with van der Waals surface area (Å²) >= 11 is 1.20. The number of hydrogen-bond donors (Lipinski definition) is 0. The molecule has 4 rings (SSSR count). The fourth-order valence-corrected chi connectivity index (χ4v) is 4.34. The van der Waals surface area contributed by atoms with E-state index in [1.165, 1.54) is 11.5 Å². The van der Waals surface area contributed by atoms with Gasteiger partial charge in [-0.15, -0.1) is 0 Å². The fourth-order valence-electron chi connectivity index (χ4n) is 3.78. The van der Waals surface area contributed by atoms with Crippen LogP contribution in [0.4, 0.5) is 0 Å². The molecule has 2 aromatic carbocycles. The van der Waals surface area contributed by atoms with Crippen LogP contribution in [-0.2, 0) is 11.2 Å². The minimum atomic E-state index is -0.0205. The molecule has 2 atom stereocenters. The molecule has 0 aliphatic carbocycles. The molecule has 1 saturated heterocycles. The average molecular weight is 454 g/mol. The molecule has 3 aromatic rings. The summed E-state index contributed by atoms with van der Waals surface area (Å²) in [5.41, 5.74) is 2.58. The van der Waals surface area contributed by atoms with Crippen LogP contribution in [-0.4, -0.2) is 52.6 Å². The van der Waals surface area contributed by atoms with E-state index in [4.69, 9.17) is 14.2 Å². The summed E-state index contributed by atoms with van der Waals surface area (Å²) in [6.45, 7) is 7.07. The van der Waals surface area contributed by atoms with Gasteiger partial charge in [-0.1, -0.05) is 18.2 Å². The maximum absolute atomic E-state index is 13.0. The molecule has 0 bridgehead atoms. The zero-order valence-corrected chi connectivity index (χ0v) is 19.5. The Morgan fingerprint density at radius 1 is 1.19 bits per heavy atom. The molecule has 1 amide bonds. The first-order chi connectivity index (χ1) is 15.4. The van der Waals surface area contributed by atoms with Crippen LogP contribution >= 0.6 is 11.5 Å². The van der Waals surface area contributed by atoms with Gasteiger partial charge in [-0.25, -0.2) is 0 Å². The van der Waals surface area contributed by atoms with Crippen molar-refractivity contribution in [2.24, 2.45) is 0 Å². The van der Waals surface area contributed by atoms with Crippen molar-refractivity contribution in [3.05, 3.63) is 65.0 Å². The molecular weight excluding hydrogens is 426 g/mol. The van der Waals surface area contributed by atoms with Crippen LogP contribution in [0.2, 0.25) is 0 Å². The Labute approximate surface area is 192 Å². The predicted molar refractivity (Wildman–Crippen MR) is 123 cm³/mol. The van der Waals surface area contributed by atoms with Crippen LogP contribution in [0.15, 0.2) is 42.5 Å². The average Bonchev–Trinajstić information content (AvgIpc) is 3.21.